The molecule has 8 heteroatoms. The quantitative estimate of drug-likeness (QED) is 0.874. The second kappa shape index (κ2) is 4.32. The number of amides is 1. The number of halogens is 4. The smallest absolute Gasteiger partial charge is 0.343 e. The van der Waals surface area contributed by atoms with Gasteiger partial charge in [0, 0.05) is 7.05 Å². The van der Waals surface area contributed by atoms with Crippen molar-refractivity contribution in [3.05, 3.63) is 16.4 Å². The van der Waals surface area contributed by atoms with Crippen LogP contribution in [-0.2, 0) is 7.05 Å². The van der Waals surface area contributed by atoms with Crippen molar-refractivity contribution in [2.24, 2.45) is 7.05 Å². The fourth-order valence-corrected chi connectivity index (χ4v) is 1.42. The number of rotatable bonds is 2. The number of alkyl halides is 3. The molecule has 0 atom stereocenters. The van der Waals surface area contributed by atoms with Gasteiger partial charge in [-0.25, -0.2) is 0 Å². The lowest BCUT2D eigenvalue weighted by molar-refractivity contribution is -0.123. The van der Waals surface area contributed by atoms with Crippen LogP contribution in [0.3, 0.4) is 0 Å². The topological polar surface area (TPSA) is 46.9 Å². The second-order valence-corrected chi connectivity index (χ2v) is 3.53. The third kappa shape index (κ3) is 2.88. The first-order valence-electron chi connectivity index (χ1n) is 4.26. The molecule has 1 rings (SSSR count). The molecule has 0 unspecified atom stereocenters. The van der Waals surface area contributed by atoms with Crippen LogP contribution in [0.2, 0.25) is 5.15 Å². The predicted molar refractivity (Wildman–Crippen MR) is 51.3 cm³/mol. The van der Waals surface area contributed by atoms with E-state index in [2.05, 4.69) is 5.10 Å². The van der Waals surface area contributed by atoms with Gasteiger partial charge in [0.15, 0.2) is 0 Å². The Hall–Kier alpha value is -1.24. The largest absolute Gasteiger partial charge is 0.405 e. The Kier molecular flexibility index (Phi) is 3.47. The lowest BCUT2D eigenvalue weighted by Crippen LogP contribution is -2.34. The predicted octanol–water partition coefficient (Wildman–Crippen LogP) is 1.67. The molecule has 0 radical (unpaired) electrons. The van der Waals surface area contributed by atoms with Crippen LogP contribution in [0.4, 0.5) is 13.2 Å². The Bertz CT molecular complexity index is 413. The van der Waals surface area contributed by atoms with Crippen molar-refractivity contribution in [1.29, 1.82) is 0 Å². The molecule has 0 fully saturated rings. The molecule has 0 spiro atoms. The van der Waals surface area contributed by atoms with Crippen molar-refractivity contribution in [3.8, 4) is 0 Å². The molecule has 0 saturated heterocycles. The minimum atomic E-state index is -4.45. The third-order valence-electron chi connectivity index (χ3n) is 1.83. The molecule has 0 aliphatic carbocycles. The summed E-state index contributed by atoms with van der Waals surface area (Å²) in [5, 5.41) is 5.56. The van der Waals surface area contributed by atoms with E-state index >= 15 is 0 Å². The first-order valence-corrected chi connectivity index (χ1v) is 4.64. The van der Waals surface area contributed by atoms with E-state index in [4.69, 9.17) is 11.6 Å². The van der Waals surface area contributed by atoms with Crippen LogP contribution in [0.5, 0.6) is 0 Å². The average Bonchev–Trinajstić information content (AvgIpc) is 2.36. The molecule has 0 aliphatic rings. The van der Waals surface area contributed by atoms with Gasteiger partial charge in [-0.2, -0.15) is 18.3 Å². The molecule has 16 heavy (non-hydrogen) atoms. The molecule has 1 aromatic rings. The number of hydrogen-bond acceptors (Lipinski definition) is 2. The summed E-state index contributed by atoms with van der Waals surface area (Å²) in [5.41, 5.74) is 0.251. The van der Waals surface area contributed by atoms with E-state index in [-0.39, 0.29) is 16.4 Å². The SMILES string of the molecule is Cc1nn(C)c(Cl)c1C(=O)NCC(F)(F)F. The van der Waals surface area contributed by atoms with Gasteiger partial charge in [0.2, 0.25) is 0 Å². The Morgan fingerprint density at radius 2 is 2.12 bits per heavy atom. The second-order valence-electron chi connectivity index (χ2n) is 3.17. The summed E-state index contributed by atoms with van der Waals surface area (Å²) in [6, 6.07) is 0. The van der Waals surface area contributed by atoms with Crippen LogP contribution in [0.1, 0.15) is 16.1 Å². The molecule has 4 nitrogen and oxygen atoms in total. The van der Waals surface area contributed by atoms with Crippen LogP contribution in [-0.4, -0.2) is 28.4 Å². The summed E-state index contributed by atoms with van der Waals surface area (Å²) in [5.74, 6) is -0.882. The number of nitrogens with one attached hydrogen (secondary N) is 1. The number of hydrogen-bond donors (Lipinski definition) is 1. The highest BCUT2D eigenvalue weighted by Gasteiger charge is 2.29. The van der Waals surface area contributed by atoms with Gasteiger partial charge in [-0.05, 0) is 6.92 Å². The van der Waals surface area contributed by atoms with Crippen LogP contribution in [0, 0.1) is 6.92 Å². The molecule has 90 valence electrons. The fourth-order valence-electron chi connectivity index (χ4n) is 1.16. The molecule has 1 amide bonds. The first-order chi connectivity index (χ1) is 7.22. The minimum Gasteiger partial charge on any atom is -0.343 e. The fraction of sp³-hybridized carbons (Fsp3) is 0.500. The Morgan fingerprint density at radius 3 is 2.50 bits per heavy atom. The molecule has 0 aliphatic heterocycles. The normalized spacial score (nSPS) is 11.6. The molecule has 1 N–H and O–H groups in total. The number of nitrogens with zero attached hydrogens (tertiary/aromatic N) is 2. The van der Waals surface area contributed by atoms with Gasteiger partial charge < -0.3 is 5.32 Å². The minimum absolute atomic E-state index is 0.0113. The highest BCUT2D eigenvalue weighted by Crippen LogP contribution is 2.19. The summed E-state index contributed by atoms with van der Waals surface area (Å²) >= 11 is 5.72. The van der Waals surface area contributed by atoms with E-state index in [9.17, 15) is 18.0 Å². The maximum Gasteiger partial charge on any atom is 0.405 e. The van der Waals surface area contributed by atoms with E-state index in [1.807, 2.05) is 0 Å². The van der Waals surface area contributed by atoms with Gasteiger partial charge in [0.25, 0.3) is 5.91 Å². The Morgan fingerprint density at radius 1 is 1.56 bits per heavy atom. The number of aromatic nitrogens is 2. The maximum absolute atomic E-state index is 11.9. The highest BCUT2D eigenvalue weighted by molar-refractivity contribution is 6.33. The number of aryl methyl sites for hydroxylation is 2. The van der Waals surface area contributed by atoms with Gasteiger partial charge in [-0.1, -0.05) is 11.6 Å². The van der Waals surface area contributed by atoms with Crippen molar-refractivity contribution in [2.75, 3.05) is 6.54 Å². The van der Waals surface area contributed by atoms with Crippen molar-refractivity contribution in [1.82, 2.24) is 15.1 Å². The lowest BCUT2D eigenvalue weighted by atomic mass is 10.2. The monoisotopic (exact) mass is 255 g/mol. The number of carbonyl (C=O) groups excluding carboxylic acids is 1. The standard InChI is InChI=1S/C8H9ClF3N3O/c1-4-5(6(9)15(2)14-4)7(16)13-3-8(10,11)12/h3H2,1-2H3,(H,13,16). The zero-order chi connectivity index (χ0) is 12.5. The third-order valence-corrected chi connectivity index (χ3v) is 2.26. The average molecular weight is 256 g/mol. The lowest BCUT2D eigenvalue weighted by Gasteiger charge is -2.07. The van der Waals surface area contributed by atoms with Crippen molar-refractivity contribution in [3.63, 3.8) is 0 Å². The van der Waals surface area contributed by atoms with Crippen molar-refractivity contribution >= 4 is 17.5 Å². The highest BCUT2D eigenvalue weighted by atomic mass is 35.5. The number of carbonyl (C=O) groups is 1. The van der Waals surface area contributed by atoms with Crippen LogP contribution in [0.25, 0.3) is 0 Å². The molecule has 0 aromatic carbocycles. The van der Waals surface area contributed by atoms with Gasteiger partial charge in [0.1, 0.15) is 11.7 Å². The molecule has 0 saturated carbocycles. The van der Waals surface area contributed by atoms with Gasteiger partial charge in [-0.15, -0.1) is 0 Å². The van der Waals surface area contributed by atoms with Gasteiger partial charge >= 0.3 is 6.18 Å². The van der Waals surface area contributed by atoms with E-state index < -0.39 is 18.6 Å². The summed E-state index contributed by atoms with van der Waals surface area (Å²) in [4.78, 5) is 11.4. The Balaban J connectivity index is 2.81. The van der Waals surface area contributed by atoms with Gasteiger partial charge in [-0.3, -0.25) is 9.48 Å². The Labute approximate surface area is 94.4 Å². The van der Waals surface area contributed by atoms with E-state index in [1.54, 1.807) is 5.32 Å². The zero-order valence-electron chi connectivity index (χ0n) is 8.52. The summed E-state index contributed by atoms with van der Waals surface area (Å²) < 4.78 is 36.8. The molecular formula is C8H9ClF3N3O. The maximum atomic E-state index is 11.9. The van der Waals surface area contributed by atoms with E-state index in [0.29, 0.717) is 0 Å². The van der Waals surface area contributed by atoms with E-state index in [1.165, 1.54) is 18.7 Å². The van der Waals surface area contributed by atoms with Gasteiger partial charge in [0.05, 0.1) is 11.3 Å². The van der Waals surface area contributed by atoms with Crippen molar-refractivity contribution in [2.45, 2.75) is 13.1 Å². The molecular weight excluding hydrogens is 247 g/mol. The van der Waals surface area contributed by atoms with Crippen molar-refractivity contribution < 1.29 is 18.0 Å². The van der Waals surface area contributed by atoms with Crippen LogP contribution >= 0.6 is 11.6 Å². The first kappa shape index (κ1) is 12.8. The van der Waals surface area contributed by atoms with Crippen LogP contribution < -0.4 is 5.32 Å². The summed E-state index contributed by atoms with van der Waals surface area (Å²) in [6.45, 7) is 0.102. The molecule has 0 bridgehead atoms. The zero-order valence-corrected chi connectivity index (χ0v) is 9.28. The van der Waals surface area contributed by atoms with Crippen LogP contribution in [0.15, 0.2) is 0 Å². The molecule has 1 aromatic heterocycles. The summed E-state index contributed by atoms with van der Waals surface area (Å²) in [7, 11) is 1.50. The summed E-state index contributed by atoms with van der Waals surface area (Å²) in [6.07, 6.45) is -4.45. The van der Waals surface area contributed by atoms with E-state index in [0.717, 1.165) is 0 Å². The molecule has 1 heterocycles.